The van der Waals surface area contributed by atoms with Gasteiger partial charge < -0.3 is 4.57 Å². The standard InChI is InChI=1S/C52H35NSi/c1-5-19-38(20-6-1)52-48-30-14-13-27-43(48)45(35-36-54(40-21-7-2-8-22-40,41-23-9-3-10-24-41)42-25-11-4-12-26-42)44-34-33-39(37-49(44)52)53-50-31-17-15-28-46(50)47-29-16-18-32-51(47)53/h1-34,37H. The Hall–Kier alpha value is -6.92. The monoisotopic (exact) mass is 701 g/mol. The summed E-state index contributed by atoms with van der Waals surface area (Å²) >= 11 is 0. The molecule has 1 nitrogen and oxygen atoms in total. The zero-order chi connectivity index (χ0) is 35.9. The van der Waals surface area contributed by atoms with Crippen LogP contribution in [0.3, 0.4) is 0 Å². The van der Waals surface area contributed by atoms with Gasteiger partial charge in [0.25, 0.3) is 0 Å². The summed E-state index contributed by atoms with van der Waals surface area (Å²) in [5, 5.41) is 11.0. The number of fused-ring (bicyclic) bond motifs is 5. The molecule has 10 aromatic rings. The highest BCUT2D eigenvalue weighted by atomic mass is 28.3. The van der Waals surface area contributed by atoms with Crippen molar-refractivity contribution in [2.75, 3.05) is 0 Å². The fourth-order valence-electron chi connectivity index (χ4n) is 8.49. The van der Waals surface area contributed by atoms with E-state index in [1.807, 2.05) is 0 Å². The van der Waals surface area contributed by atoms with E-state index in [-0.39, 0.29) is 0 Å². The summed E-state index contributed by atoms with van der Waals surface area (Å²) in [6.45, 7) is 0. The van der Waals surface area contributed by atoms with Gasteiger partial charge in [0.1, 0.15) is 0 Å². The molecule has 0 radical (unpaired) electrons. The van der Waals surface area contributed by atoms with E-state index in [4.69, 9.17) is 0 Å². The summed E-state index contributed by atoms with van der Waals surface area (Å²) in [5.41, 5.74) is 11.1. The predicted octanol–water partition coefficient (Wildman–Crippen LogP) is 10.8. The van der Waals surface area contributed by atoms with Gasteiger partial charge in [0.15, 0.2) is 0 Å². The highest BCUT2D eigenvalue weighted by Gasteiger charge is 2.38. The average Bonchev–Trinajstić information content (AvgIpc) is 3.59. The second-order valence-corrected chi connectivity index (χ2v) is 17.3. The van der Waals surface area contributed by atoms with E-state index in [1.165, 1.54) is 59.3 Å². The summed E-state index contributed by atoms with van der Waals surface area (Å²) in [4.78, 5) is 0. The lowest BCUT2D eigenvalue weighted by molar-refractivity contribution is 1.19. The van der Waals surface area contributed by atoms with Crippen molar-refractivity contribution in [1.82, 2.24) is 4.57 Å². The summed E-state index contributed by atoms with van der Waals surface area (Å²) in [7, 11) is -2.84. The molecule has 1 heterocycles. The Morgan fingerprint density at radius 1 is 0.352 bits per heavy atom. The van der Waals surface area contributed by atoms with Gasteiger partial charge in [-0.1, -0.05) is 194 Å². The van der Waals surface area contributed by atoms with Crippen LogP contribution >= 0.6 is 0 Å². The molecule has 0 N–H and O–H groups in total. The number of nitrogens with zero attached hydrogens (tertiary/aromatic N) is 1. The van der Waals surface area contributed by atoms with Crippen LogP contribution in [0.2, 0.25) is 0 Å². The summed E-state index contributed by atoms with van der Waals surface area (Å²) < 4.78 is 2.41. The highest BCUT2D eigenvalue weighted by Crippen LogP contribution is 2.41. The van der Waals surface area contributed by atoms with Gasteiger partial charge in [0.2, 0.25) is 8.07 Å². The fraction of sp³-hybridized carbons (Fsp3) is 0. The zero-order valence-corrected chi connectivity index (χ0v) is 30.7. The maximum absolute atomic E-state index is 4.12. The second-order valence-electron chi connectivity index (χ2n) is 13.9. The van der Waals surface area contributed by atoms with Gasteiger partial charge in [0.05, 0.1) is 11.0 Å². The molecule has 0 fully saturated rings. The van der Waals surface area contributed by atoms with Gasteiger partial charge in [-0.25, -0.2) is 0 Å². The Balaban J connectivity index is 1.32. The lowest BCUT2D eigenvalue weighted by Crippen LogP contribution is -2.66. The third kappa shape index (κ3) is 5.10. The molecule has 0 amide bonds. The minimum atomic E-state index is -2.84. The van der Waals surface area contributed by atoms with E-state index < -0.39 is 8.07 Å². The topological polar surface area (TPSA) is 4.93 Å². The number of benzene rings is 9. The van der Waals surface area contributed by atoms with Gasteiger partial charge in [0, 0.05) is 22.0 Å². The van der Waals surface area contributed by atoms with Crippen molar-refractivity contribution < 1.29 is 0 Å². The van der Waals surface area contributed by atoms with Crippen molar-refractivity contribution >= 4 is 67.0 Å². The number of para-hydroxylation sites is 2. The number of rotatable bonds is 5. The average molecular weight is 702 g/mol. The van der Waals surface area contributed by atoms with Crippen molar-refractivity contribution in [1.29, 1.82) is 0 Å². The smallest absolute Gasteiger partial charge is 0.230 e. The molecule has 0 unspecified atom stereocenters. The first-order chi connectivity index (χ1) is 26.8. The van der Waals surface area contributed by atoms with Crippen molar-refractivity contribution in [3.05, 3.63) is 218 Å². The highest BCUT2D eigenvalue weighted by molar-refractivity contribution is 7.16. The molecule has 2 heteroatoms. The molecule has 0 bridgehead atoms. The van der Waals surface area contributed by atoms with Crippen LogP contribution in [0.5, 0.6) is 0 Å². The van der Waals surface area contributed by atoms with E-state index in [9.17, 15) is 0 Å². The van der Waals surface area contributed by atoms with Crippen LogP contribution in [0.15, 0.2) is 212 Å². The van der Waals surface area contributed by atoms with Crippen LogP contribution in [0, 0.1) is 11.5 Å². The maximum atomic E-state index is 4.12. The molecule has 252 valence electrons. The zero-order valence-electron chi connectivity index (χ0n) is 29.7. The summed E-state index contributed by atoms with van der Waals surface area (Å²) in [6, 6.07) is 77.0. The van der Waals surface area contributed by atoms with Crippen LogP contribution in [-0.4, -0.2) is 12.6 Å². The van der Waals surface area contributed by atoms with Crippen LogP contribution in [0.25, 0.3) is 60.2 Å². The van der Waals surface area contributed by atoms with Crippen LogP contribution in [-0.2, 0) is 0 Å². The Kier molecular flexibility index (Phi) is 7.80. The molecule has 0 aliphatic carbocycles. The molecule has 0 aliphatic rings. The molecule has 9 aromatic carbocycles. The molecular weight excluding hydrogens is 667 g/mol. The Bertz CT molecular complexity index is 2880. The predicted molar refractivity (Wildman–Crippen MR) is 232 cm³/mol. The normalized spacial score (nSPS) is 11.6. The van der Waals surface area contributed by atoms with Crippen LogP contribution < -0.4 is 15.6 Å². The van der Waals surface area contributed by atoms with E-state index in [0.29, 0.717) is 0 Å². The molecule has 0 spiro atoms. The first-order valence-electron chi connectivity index (χ1n) is 18.5. The third-order valence-corrected chi connectivity index (χ3v) is 15.0. The van der Waals surface area contributed by atoms with Gasteiger partial charge in [-0.15, -0.1) is 5.54 Å². The first kappa shape index (κ1) is 31.8. The molecule has 1 aromatic heterocycles. The molecule has 10 rings (SSSR count). The van der Waals surface area contributed by atoms with Crippen molar-refractivity contribution in [3.63, 3.8) is 0 Å². The molecule has 0 saturated heterocycles. The minimum Gasteiger partial charge on any atom is -0.309 e. The lowest BCUT2D eigenvalue weighted by Gasteiger charge is -2.28. The Morgan fingerprint density at radius 2 is 0.778 bits per heavy atom. The molecule has 0 aliphatic heterocycles. The van der Waals surface area contributed by atoms with Crippen LogP contribution in [0.1, 0.15) is 5.56 Å². The lowest BCUT2D eigenvalue weighted by atomic mass is 9.88. The Labute approximate surface area is 316 Å². The van der Waals surface area contributed by atoms with Crippen molar-refractivity contribution in [3.8, 4) is 28.3 Å². The molecular formula is C52H35NSi. The minimum absolute atomic E-state index is 1.06. The molecule has 54 heavy (non-hydrogen) atoms. The molecule has 0 saturated carbocycles. The van der Waals surface area contributed by atoms with Gasteiger partial charge in [-0.2, -0.15) is 0 Å². The summed E-state index contributed by atoms with van der Waals surface area (Å²) in [6.07, 6.45) is 0. The fourth-order valence-corrected chi connectivity index (χ4v) is 12.3. The molecule has 0 atom stereocenters. The first-order valence-corrected chi connectivity index (χ1v) is 20.5. The van der Waals surface area contributed by atoms with Crippen LogP contribution in [0.4, 0.5) is 0 Å². The van der Waals surface area contributed by atoms with Gasteiger partial charge in [-0.3, -0.25) is 0 Å². The van der Waals surface area contributed by atoms with E-state index in [1.54, 1.807) is 0 Å². The largest absolute Gasteiger partial charge is 0.309 e. The second kappa shape index (κ2) is 13.2. The van der Waals surface area contributed by atoms with Crippen molar-refractivity contribution in [2.45, 2.75) is 0 Å². The number of aromatic nitrogens is 1. The van der Waals surface area contributed by atoms with Crippen molar-refractivity contribution in [2.24, 2.45) is 0 Å². The third-order valence-electron chi connectivity index (χ3n) is 10.9. The van der Waals surface area contributed by atoms with Gasteiger partial charge >= 0.3 is 0 Å². The van der Waals surface area contributed by atoms with E-state index in [2.05, 4.69) is 228 Å². The summed E-state index contributed by atoms with van der Waals surface area (Å²) in [5.74, 6) is 3.96. The maximum Gasteiger partial charge on any atom is 0.230 e. The SMILES string of the molecule is C(#C[Si](c1ccccc1)(c1ccccc1)c1ccccc1)c1c2ccccc2c(-c2ccccc2)c2cc(-n3c4ccccc4c4ccccc43)ccc12. The van der Waals surface area contributed by atoms with E-state index in [0.717, 1.165) is 22.0 Å². The van der Waals surface area contributed by atoms with Gasteiger partial charge in [-0.05, 0) is 72.5 Å². The number of hydrogen-bond acceptors (Lipinski definition) is 0. The number of hydrogen-bond donors (Lipinski definition) is 0. The quantitative estimate of drug-likeness (QED) is 0.0729. The van der Waals surface area contributed by atoms with E-state index >= 15 is 0 Å². The Morgan fingerprint density at radius 3 is 1.31 bits per heavy atom.